The fraction of sp³-hybridized carbons (Fsp3) is 0.333. The van der Waals surface area contributed by atoms with Gasteiger partial charge in [-0.05, 0) is 0 Å². The van der Waals surface area contributed by atoms with Crippen LogP contribution < -0.4 is 4.46 Å². The van der Waals surface area contributed by atoms with Crippen molar-refractivity contribution in [2.24, 2.45) is 0 Å². The molecule has 1 N–H and O–H groups in total. The van der Waals surface area contributed by atoms with Crippen molar-refractivity contribution in [3.63, 3.8) is 0 Å². The minimum absolute atomic E-state index is 0.317. The van der Waals surface area contributed by atoms with E-state index in [1.807, 2.05) is 18.2 Å². The van der Waals surface area contributed by atoms with Crippen LogP contribution in [0.2, 0.25) is 5.32 Å². The van der Waals surface area contributed by atoms with Crippen molar-refractivity contribution in [3.05, 3.63) is 30.3 Å². The van der Waals surface area contributed by atoms with E-state index in [4.69, 9.17) is 4.89 Å². The predicted molar refractivity (Wildman–Crippen MR) is 59.4 cm³/mol. The Morgan fingerprint density at radius 3 is 2.67 bits per heavy atom. The van der Waals surface area contributed by atoms with Crippen molar-refractivity contribution in [1.82, 2.24) is 0 Å². The maximum atomic E-state index is 10.7. The first-order chi connectivity index (χ1) is 7.08. The molecule has 0 aliphatic carbocycles. The van der Waals surface area contributed by atoms with Crippen LogP contribution in [-0.2, 0) is 14.1 Å². The van der Waals surface area contributed by atoms with Gasteiger partial charge in [0.2, 0.25) is 0 Å². The molecule has 1 unspecified atom stereocenters. The molecular formula is C9H13O4PSe. The van der Waals surface area contributed by atoms with Gasteiger partial charge in [-0.3, -0.25) is 0 Å². The van der Waals surface area contributed by atoms with Crippen LogP contribution in [-0.4, -0.2) is 33.1 Å². The van der Waals surface area contributed by atoms with Gasteiger partial charge in [0.25, 0.3) is 0 Å². The molecule has 84 valence electrons. The van der Waals surface area contributed by atoms with Gasteiger partial charge in [-0.1, -0.05) is 0 Å². The SMILES string of the molecule is CP(=O)(O)OOCC[Se]c1ccccc1. The Morgan fingerprint density at radius 1 is 1.40 bits per heavy atom. The van der Waals surface area contributed by atoms with Gasteiger partial charge < -0.3 is 0 Å². The number of hydrogen-bond acceptors (Lipinski definition) is 3. The molecule has 15 heavy (non-hydrogen) atoms. The molecule has 0 heterocycles. The van der Waals surface area contributed by atoms with E-state index in [9.17, 15) is 4.57 Å². The number of rotatable bonds is 6. The number of hydrogen-bond donors (Lipinski definition) is 1. The molecule has 0 aliphatic rings. The third kappa shape index (κ3) is 6.85. The molecule has 1 atom stereocenters. The molecule has 1 rings (SSSR count). The summed E-state index contributed by atoms with van der Waals surface area (Å²) in [6.45, 7) is 1.43. The molecule has 0 saturated carbocycles. The molecular weight excluding hydrogens is 282 g/mol. The zero-order valence-corrected chi connectivity index (χ0v) is 10.9. The molecule has 6 heteroatoms. The van der Waals surface area contributed by atoms with E-state index in [-0.39, 0.29) is 0 Å². The van der Waals surface area contributed by atoms with Crippen molar-refractivity contribution in [2.75, 3.05) is 13.3 Å². The average Bonchev–Trinajstić information content (AvgIpc) is 2.17. The standard InChI is InChI=1S/C9H13O4PSe/c1-14(10,11)13-12-7-8-15-9-5-3-2-4-6-9/h2-6H,7-8H2,1H3,(H,10,11). The molecule has 1 aromatic rings. The summed E-state index contributed by atoms with van der Waals surface area (Å²) in [7, 11) is -3.49. The van der Waals surface area contributed by atoms with Crippen molar-refractivity contribution < 1.29 is 19.0 Å². The Labute approximate surface area is 95.2 Å². The van der Waals surface area contributed by atoms with Crippen LogP contribution in [0.15, 0.2) is 30.3 Å². The van der Waals surface area contributed by atoms with Gasteiger partial charge in [0, 0.05) is 0 Å². The van der Waals surface area contributed by atoms with Crippen LogP contribution in [0.5, 0.6) is 0 Å². The molecule has 0 radical (unpaired) electrons. The maximum absolute atomic E-state index is 10.7. The Kier molecular flexibility index (Phi) is 5.54. The van der Waals surface area contributed by atoms with E-state index >= 15 is 0 Å². The first-order valence-electron chi connectivity index (χ1n) is 4.37. The second-order valence-electron chi connectivity index (χ2n) is 2.86. The monoisotopic (exact) mass is 296 g/mol. The third-order valence-corrected chi connectivity index (χ3v) is 3.80. The van der Waals surface area contributed by atoms with Crippen LogP contribution in [0.3, 0.4) is 0 Å². The molecule has 0 aliphatic heterocycles. The fourth-order valence-corrected chi connectivity index (χ4v) is 2.66. The average molecular weight is 295 g/mol. The van der Waals surface area contributed by atoms with E-state index in [1.54, 1.807) is 0 Å². The summed E-state index contributed by atoms with van der Waals surface area (Å²) in [5, 5.41) is 0.816. The summed E-state index contributed by atoms with van der Waals surface area (Å²) in [5.41, 5.74) is 0. The third-order valence-electron chi connectivity index (χ3n) is 1.37. The summed E-state index contributed by atoms with van der Waals surface area (Å²) in [4.78, 5) is 13.4. The van der Waals surface area contributed by atoms with Crippen LogP contribution in [0.25, 0.3) is 0 Å². The Balaban J connectivity index is 2.10. The van der Waals surface area contributed by atoms with Crippen LogP contribution in [0.4, 0.5) is 0 Å². The first-order valence-corrected chi connectivity index (χ1v) is 8.46. The summed E-state index contributed by atoms with van der Waals surface area (Å²) in [6, 6.07) is 10.1. The Hall–Kier alpha value is -0.151. The van der Waals surface area contributed by atoms with Gasteiger partial charge in [-0.25, -0.2) is 0 Å². The molecule has 0 spiro atoms. The molecule has 1 aromatic carbocycles. The Bertz CT molecular complexity index is 324. The zero-order chi connectivity index (χ0) is 11.1. The van der Waals surface area contributed by atoms with Crippen LogP contribution in [0, 0.1) is 0 Å². The van der Waals surface area contributed by atoms with Crippen LogP contribution in [0.1, 0.15) is 0 Å². The van der Waals surface area contributed by atoms with Gasteiger partial charge in [0.05, 0.1) is 0 Å². The molecule has 0 fully saturated rings. The van der Waals surface area contributed by atoms with Crippen LogP contribution >= 0.6 is 7.60 Å². The van der Waals surface area contributed by atoms with E-state index in [2.05, 4.69) is 21.7 Å². The van der Waals surface area contributed by atoms with Gasteiger partial charge in [0.1, 0.15) is 0 Å². The van der Waals surface area contributed by atoms with E-state index in [0.717, 1.165) is 12.0 Å². The summed E-state index contributed by atoms with van der Waals surface area (Å²) in [5.74, 6) is 0. The zero-order valence-electron chi connectivity index (χ0n) is 8.33. The Morgan fingerprint density at radius 2 is 2.07 bits per heavy atom. The molecule has 0 amide bonds. The quantitative estimate of drug-likeness (QED) is 0.282. The van der Waals surface area contributed by atoms with Crippen molar-refractivity contribution in [2.45, 2.75) is 5.32 Å². The van der Waals surface area contributed by atoms with Gasteiger partial charge in [0.15, 0.2) is 0 Å². The number of benzene rings is 1. The van der Waals surface area contributed by atoms with E-state index in [0.29, 0.717) is 21.6 Å². The van der Waals surface area contributed by atoms with Gasteiger partial charge >= 0.3 is 95.0 Å². The summed E-state index contributed by atoms with van der Waals surface area (Å²) in [6.07, 6.45) is 0. The van der Waals surface area contributed by atoms with E-state index in [1.165, 1.54) is 4.46 Å². The fourth-order valence-electron chi connectivity index (χ4n) is 0.845. The molecule has 4 nitrogen and oxygen atoms in total. The second-order valence-corrected chi connectivity index (χ2v) is 7.07. The van der Waals surface area contributed by atoms with Crippen molar-refractivity contribution >= 4 is 27.0 Å². The minimum atomic E-state index is -3.49. The molecule has 0 aromatic heterocycles. The second kappa shape index (κ2) is 6.44. The van der Waals surface area contributed by atoms with Crippen molar-refractivity contribution in [3.8, 4) is 0 Å². The topological polar surface area (TPSA) is 55.8 Å². The van der Waals surface area contributed by atoms with Gasteiger partial charge in [-0.15, -0.1) is 0 Å². The first kappa shape index (κ1) is 12.9. The summed E-state index contributed by atoms with van der Waals surface area (Å²) < 4.78 is 16.2. The molecule has 0 saturated heterocycles. The molecule has 0 bridgehead atoms. The predicted octanol–water partition coefficient (Wildman–Crippen LogP) is 1.20. The summed E-state index contributed by atoms with van der Waals surface area (Å²) >= 11 is 0.317. The van der Waals surface area contributed by atoms with Crippen molar-refractivity contribution in [1.29, 1.82) is 0 Å². The van der Waals surface area contributed by atoms with E-state index < -0.39 is 7.60 Å². The normalized spacial score (nSPS) is 14.8. The van der Waals surface area contributed by atoms with Gasteiger partial charge in [-0.2, -0.15) is 0 Å².